The molecule has 2 N–H and O–H groups in total. The highest BCUT2D eigenvalue weighted by atomic mass is 16.2. The van der Waals surface area contributed by atoms with E-state index in [-0.39, 0.29) is 11.6 Å². The van der Waals surface area contributed by atoms with Crippen LogP contribution in [0.25, 0.3) is 5.65 Å². The monoisotopic (exact) mass is 297 g/mol. The number of nitrogens with zero attached hydrogens (tertiary/aromatic N) is 3. The maximum Gasteiger partial charge on any atom is 0.260 e. The van der Waals surface area contributed by atoms with Crippen molar-refractivity contribution in [3.05, 3.63) is 64.0 Å². The van der Waals surface area contributed by atoms with E-state index in [1.54, 1.807) is 24.3 Å². The number of aryl methyl sites for hydroxylation is 1. The third-order valence-electron chi connectivity index (χ3n) is 3.37. The van der Waals surface area contributed by atoms with Crippen molar-refractivity contribution < 1.29 is 4.79 Å². The summed E-state index contributed by atoms with van der Waals surface area (Å²) in [6.45, 7) is 3.55. The van der Waals surface area contributed by atoms with Crippen LogP contribution in [0, 0.1) is 6.92 Å². The molecule has 0 saturated carbocycles. The average molecular weight is 297 g/mol. The Morgan fingerprint density at radius 2 is 2.09 bits per heavy atom. The van der Waals surface area contributed by atoms with Crippen molar-refractivity contribution in [2.75, 3.05) is 0 Å². The van der Waals surface area contributed by atoms with Crippen LogP contribution >= 0.6 is 0 Å². The molecule has 0 aromatic carbocycles. The summed E-state index contributed by atoms with van der Waals surface area (Å²) in [5.41, 5.74) is 1.08. The number of amides is 1. The van der Waals surface area contributed by atoms with Crippen LogP contribution < -0.4 is 10.9 Å². The zero-order chi connectivity index (χ0) is 15.7. The van der Waals surface area contributed by atoms with E-state index in [0.29, 0.717) is 17.2 Å². The van der Waals surface area contributed by atoms with Gasteiger partial charge >= 0.3 is 0 Å². The summed E-state index contributed by atoms with van der Waals surface area (Å²) in [6, 6.07) is 8.37. The minimum absolute atomic E-state index is 0.0753. The highest BCUT2D eigenvalue weighted by Gasteiger charge is 2.18. The van der Waals surface area contributed by atoms with Crippen molar-refractivity contribution in [1.29, 1.82) is 0 Å². The highest BCUT2D eigenvalue weighted by Crippen LogP contribution is 2.12. The van der Waals surface area contributed by atoms with E-state index in [4.69, 9.17) is 0 Å². The Morgan fingerprint density at radius 3 is 2.86 bits per heavy atom. The molecule has 7 heteroatoms. The van der Waals surface area contributed by atoms with Gasteiger partial charge in [-0.1, -0.05) is 6.07 Å². The molecule has 1 amide bonds. The van der Waals surface area contributed by atoms with Gasteiger partial charge in [-0.05, 0) is 38.1 Å². The van der Waals surface area contributed by atoms with Crippen LogP contribution in [-0.4, -0.2) is 25.5 Å². The Balaban J connectivity index is 1.86. The van der Waals surface area contributed by atoms with E-state index >= 15 is 0 Å². The molecule has 3 rings (SSSR count). The fourth-order valence-corrected chi connectivity index (χ4v) is 2.25. The topological polar surface area (TPSA) is 92.2 Å². The van der Waals surface area contributed by atoms with E-state index in [9.17, 15) is 9.59 Å². The van der Waals surface area contributed by atoms with Crippen LogP contribution in [0.15, 0.2) is 41.3 Å². The first-order valence-corrected chi connectivity index (χ1v) is 6.86. The Morgan fingerprint density at radius 1 is 1.27 bits per heavy atom. The summed E-state index contributed by atoms with van der Waals surface area (Å²) in [5.74, 6) is 0.161. The highest BCUT2D eigenvalue weighted by molar-refractivity contribution is 5.94. The van der Waals surface area contributed by atoms with E-state index in [1.807, 2.05) is 24.4 Å². The molecule has 0 saturated heterocycles. The van der Waals surface area contributed by atoms with Crippen molar-refractivity contribution in [3.8, 4) is 0 Å². The Labute approximate surface area is 126 Å². The van der Waals surface area contributed by atoms with E-state index in [1.165, 1.54) is 6.07 Å². The number of rotatable bonds is 3. The summed E-state index contributed by atoms with van der Waals surface area (Å²) < 4.78 is 1.80. The summed E-state index contributed by atoms with van der Waals surface area (Å²) in [6.07, 6.45) is 1.83. The van der Waals surface area contributed by atoms with Crippen molar-refractivity contribution in [1.82, 2.24) is 24.9 Å². The minimum atomic E-state index is -0.443. The molecule has 1 atom stereocenters. The van der Waals surface area contributed by atoms with Crippen molar-refractivity contribution in [3.63, 3.8) is 0 Å². The maximum absolute atomic E-state index is 12.2. The molecule has 0 aliphatic heterocycles. The van der Waals surface area contributed by atoms with Crippen LogP contribution in [0.3, 0.4) is 0 Å². The van der Waals surface area contributed by atoms with Gasteiger partial charge < -0.3 is 10.3 Å². The molecule has 22 heavy (non-hydrogen) atoms. The smallest absolute Gasteiger partial charge is 0.260 e. The van der Waals surface area contributed by atoms with Gasteiger partial charge in [0.2, 0.25) is 0 Å². The Kier molecular flexibility index (Phi) is 3.46. The largest absolute Gasteiger partial charge is 0.342 e. The number of carbonyl (C=O) groups is 1. The number of pyridine rings is 2. The van der Waals surface area contributed by atoms with Crippen molar-refractivity contribution in [2.45, 2.75) is 19.9 Å². The molecular weight excluding hydrogens is 282 g/mol. The predicted molar refractivity (Wildman–Crippen MR) is 80.7 cm³/mol. The normalized spacial score (nSPS) is 12.3. The SMILES string of the molecule is Cc1ccc(C(=O)N[C@H](C)c2nnc3ccccn23)c(=O)[nH]1. The molecule has 3 aromatic heterocycles. The molecular formula is C15H15N5O2. The van der Waals surface area contributed by atoms with Crippen LogP contribution in [0.4, 0.5) is 0 Å². The maximum atomic E-state index is 12.2. The number of carbonyl (C=O) groups excluding carboxylic acids is 1. The zero-order valence-corrected chi connectivity index (χ0v) is 12.2. The van der Waals surface area contributed by atoms with Crippen LogP contribution in [0.2, 0.25) is 0 Å². The molecule has 0 unspecified atom stereocenters. The average Bonchev–Trinajstić information content (AvgIpc) is 2.91. The van der Waals surface area contributed by atoms with Gasteiger partial charge in [0, 0.05) is 11.9 Å². The molecule has 112 valence electrons. The minimum Gasteiger partial charge on any atom is -0.342 e. The van der Waals surface area contributed by atoms with Crippen molar-refractivity contribution in [2.24, 2.45) is 0 Å². The molecule has 0 aliphatic carbocycles. The molecule has 0 spiro atoms. The summed E-state index contributed by atoms with van der Waals surface area (Å²) in [7, 11) is 0. The number of aromatic amines is 1. The molecule has 0 bridgehead atoms. The molecule has 0 aliphatic rings. The number of fused-ring (bicyclic) bond motifs is 1. The molecule has 0 fully saturated rings. The van der Waals surface area contributed by atoms with Gasteiger partial charge in [-0.2, -0.15) is 0 Å². The first kappa shape index (κ1) is 14.0. The van der Waals surface area contributed by atoms with Gasteiger partial charge in [-0.3, -0.25) is 14.0 Å². The van der Waals surface area contributed by atoms with Crippen molar-refractivity contribution >= 4 is 11.6 Å². The van der Waals surface area contributed by atoms with E-state index in [2.05, 4.69) is 20.5 Å². The van der Waals surface area contributed by atoms with Gasteiger partial charge in [0.1, 0.15) is 5.56 Å². The van der Waals surface area contributed by atoms with Gasteiger partial charge in [-0.25, -0.2) is 0 Å². The Bertz CT molecular complexity index is 896. The fourth-order valence-electron chi connectivity index (χ4n) is 2.25. The van der Waals surface area contributed by atoms with Gasteiger partial charge in [0.25, 0.3) is 11.5 Å². The standard InChI is InChI=1S/C15H15N5O2/c1-9-6-7-11(14(21)16-9)15(22)17-10(2)13-19-18-12-5-3-4-8-20(12)13/h3-8,10H,1-2H3,(H,16,21)(H,17,22)/t10-/m1/s1. The molecule has 7 nitrogen and oxygen atoms in total. The van der Waals surface area contributed by atoms with Gasteiger partial charge in [-0.15, -0.1) is 10.2 Å². The number of hydrogen-bond donors (Lipinski definition) is 2. The van der Waals surface area contributed by atoms with E-state index < -0.39 is 11.5 Å². The van der Waals surface area contributed by atoms with Gasteiger partial charge in [0.05, 0.1) is 6.04 Å². The second-order valence-electron chi connectivity index (χ2n) is 5.07. The second-order valence-corrected chi connectivity index (χ2v) is 5.07. The lowest BCUT2D eigenvalue weighted by Crippen LogP contribution is -2.32. The van der Waals surface area contributed by atoms with Crippen LogP contribution in [-0.2, 0) is 0 Å². The quantitative estimate of drug-likeness (QED) is 0.760. The number of H-pyrrole nitrogens is 1. The summed E-state index contributed by atoms with van der Waals surface area (Å²) in [4.78, 5) is 26.6. The first-order chi connectivity index (χ1) is 10.6. The third kappa shape index (κ3) is 2.48. The third-order valence-corrected chi connectivity index (χ3v) is 3.37. The lowest BCUT2D eigenvalue weighted by atomic mass is 10.2. The lowest BCUT2D eigenvalue weighted by molar-refractivity contribution is 0.0936. The van der Waals surface area contributed by atoms with Gasteiger partial charge in [0.15, 0.2) is 11.5 Å². The second kappa shape index (κ2) is 5.44. The molecule has 3 heterocycles. The fraction of sp³-hybridized carbons (Fsp3) is 0.200. The Hall–Kier alpha value is -2.96. The summed E-state index contributed by atoms with van der Waals surface area (Å²) in [5, 5.41) is 10.9. The van der Waals surface area contributed by atoms with Crippen LogP contribution in [0.1, 0.15) is 34.8 Å². The lowest BCUT2D eigenvalue weighted by Gasteiger charge is -2.12. The molecule has 0 radical (unpaired) electrons. The first-order valence-electron chi connectivity index (χ1n) is 6.86. The number of aromatic nitrogens is 4. The zero-order valence-electron chi connectivity index (χ0n) is 12.2. The number of nitrogens with one attached hydrogen (secondary N) is 2. The van der Waals surface area contributed by atoms with Crippen LogP contribution in [0.5, 0.6) is 0 Å². The summed E-state index contributed by atoms with van der Waals surface area (Å²) >= 11 is 0. The van der Waals surface area contributed by atoms with E-state index in [0.717, 1.165) is 0 Å². The predicted octanol–water partition coefficient (Wildman–Crippen LogP) is 1.22. The number of hydrogen-bond acceptors (Lipinski definition) is 4. The molecule has 3 aromatic rings.